The van der Waals surface area contributed by atoms with Gasteiger partial charge in [0.05, 0.1) is 41.7 Å². The molecule has 0 spiro atoms. The highest BCUT2D eigenvalue weighted by Gasteiger charge is 2.41. The summed E-state index contributed by atoms with van der Waals surface area (Å²) in [5, 5.41) is 6.65. The molecule has 0 saturated carbocycles. The fourth-order valence-corrected chi connectivity index (χ4v) is 7.02. The second-order valence-corrected chi connectivity index (χ2v) is 13.8. The van der Waals surface area contributed by atoms with Gasteiger partial charge in [-0.3, -0.25) is 4.79 Å². The summed E-state index contributed by atoms with van der Waals surface area (Å²) in [5.41, 5.74) is 3.46. The maximum atomic E-state index is 13.3. The number of esters is 1. The number of carbonyl (C=O) groups excluding carboxylic acids is 2. The number of nitrogens with one attached hydrogen (secondary N) is 2. The average molecular weight is 661 g/mol. The highest BCUT2D eigenvalue weighted by atomic mass is 35.5. The summed E-state index contributed by atoms with van der Waals surface area (Å²) in [6.45, 7) is 15.7. The molecule has 3 aliphatic rings. The SMILES string of the molecule is C=CC(=O)Nc1cc(Nc2ncc(C(=O)OC(C)C)c(N3CC(C)(C)c4nc(Cl)ccc43)n2)c(OC)cc1N1C[C@H]2CN(C)C[C@H]2C1. The highest BCUT2D eigenvalue weighted by molar-refractivity contribution is 6.29. The first-order valence-corrected chi connectivity index (χ1v) is 16.1. The Balaban J connectivity index is 1.39. The molecule has 0 radical (unpaired) electrons. The predicted molar refractivity (Wildman–Crippen MR) is 184 cm³/mol. The number of rotatable bonds is 9. The maximum Gasteiger partial charge on any atom is 0.343 e. The lowest BCUT2D eigenvalue weighted by Gasteiger charge is -2.26. The van der Waals surface area contributed by atoms with Crippen molar-refractivity contribution in [3.05, 3.63) is 59.5 Å². The zero-order chi connectivity index (χ0) is 33.6. The van der Waals surface area contributed by atoms with Gasteiger partial charge in [-0.05, 0) is 57.0 Å². The van der Waals surface area contributed by atoms with Gasteiger partial charge in [-0.15, -0.1) is 0 Å². The number of likely N-dealkylation sites (tertiary alicyclic amines) is 1. The number of methoxy groups -OCH3 is 1. The van der Waals surface area contributed by atoms with Crippen LogP contribution in [0.2, 0.25) is 5.15 Å². The molecule has 2 fully saturated rings. The van der Waals surface area contributed by atoms with Gasteiger partial charge in [0.1, 0.15) is 16.5 Å². The molecule has 3 aliphatic heterocycles. The van der Waals surface area contributed by atoms with Crippen LogP contribution in [0.4, 0.5) is 34.5 Å². The fourth-order valence-electron chi connectivity index (χ4n) is 6.87. The van der Waals surface area contributed by atoms with Crippen molar-refractivity contribution in [2.75, 3.05) is 67.3 Å². The first kappa shape index (κ1) is 32.5. The first-order chi connectivity index (χ1) is 22.4. The summed E-state index contributed by atoms with van der Waals surface area (Å²) in [6.07, 6.45) is 2.38. The van der Waals surface area contributed by atoms with Crippen molar-refractivity contribution in [2.45, 2.75) is 39.2 Å². The number of nitrogens with zero attached hydrogens (tertiary/aromatic N) is 6. The Hall–Kier alpha value is -4.42. The number of fused-ring (bicyclic) bond motifs is 2. The number of ether oxygens (including phenoxy) is 2. The Morgan fingerprint density at radius 1 is 1.09 bits per heavy atom. The summed E-state index contributed by atoms with van der Waals surface area (Å²) in [7, 11) is 3.75. The van der Waals surface area contributed by atoms with Crippen LogP contribution in [-0.2, 0) is 14.9 Å². The Kier molecular flexibility index (Phi) is 8.75. The van der Waals surface area contributed by atoms with Crippen molar-refractivity contribution < 1.29 is 19.1 Å². The molecule has 3 aromatic rings. The standard InChI is InChI=1S/C34H41ClN8O4/c1-8-29(44)37-23-11-24(27(46-7)12-26(23)42-16-20-14-41(6)15-21(20)17-42)38-33-36-13-22(32(45)47-19(2)3)31(40-33)43-18-34(4,5)30-25(43)9-10-28(35)39-30/h8-13,19-21H,1,14-18H2,2-7H3,(H,37,44)(H,36,38,40)/t20-,21+. The van der Waals surface area contributed by atoms with Gasteiger partial charge in [0.15, 0.2) is 5.82 Å². The van der Waals surface area contributed by atoms with E-state index in [1.165, 1.54) is 12.3 Å². The van der Waals surface area contributed by atoms with Crippen LogP contribution in [0.3, 0.4) is 0 Å². The summed E-state index contributed by atoms with van der Waals surface area (Å²) in [5.74, 6) is 1.40. The molecule has 13 heteroatoms. The van der Waals surface area contributed by atoms with Gasteiger partial charge in [0, 0.05) is 50.4 Å². The monoisotopic (exact) mass is 660 g/mol. The molecule has 2 N–H and O–H groups in total. The van der Waals surface area contributed by atoms with Crippen LogP contribution in [0.15, 0.2) is 43.1 Å². The molecule has 0 unspecified atom stereocenters. The van der Waals surface area contributed by atoms with E-state index in [2.05, 4.69) is 57.9 Å². The van der Waals surface area contributed by atoms with E-state index in [0.717, 1.165) is 43.2 Å². The minimum Gasteiger partial charge on any atom is -0.494 e. The summed E-state index contributed by atoms with van der Waals surface area (Å²) < 4.78 is 11.4. The number of halogens is 1. The van der Waals surface area contributed by atoms with Gasteiger partial charge in [-0.1, -0.05) is 32.0 Å². The van der Waals surface area contributed by atoms with Crippen molar-refractivity contribution in [3.8, 4) is 5.75 Å². The normalized spacial score (nSPS) is 19.8. The van der Waals surface area contributed by atoms with Crippen LogP contribution >= 0.6 is 11.6 Å². The quantitative estimate of drug-likeness (QED) is 0.174. The third kappa shape index (κ3) is 6.44. The summed E-state index contributed by atoms with van der Waals surface area (Å²) in [4.78, 5) is 46.5. The van der Waals surface area contributed by atoms with E-state index in [0.29, 0.717) is 46.5 Å². The number of pyridine rings is 1. The molecule has 12 nitrogen and oxygen atoms in total. The van der Waals surface area contributed by atoms with E-state index in [9.17, 15) is 9.59 Å². The third-order valence-electron chi connectivity index (χ3n) is 8.93. The molecular weight excluding hydrogens is 620 g/mol. The van der Waals surface area contributed by atoms with Gasteiger partial charge in [-0.25, -0.2) is 14.8 Å². The fraction of sp³-hybridized carbons (Fsp3) is 0.441. The van der Waals surface area contributed by atoms with E-state index in [1.54, 1.807) is 27.0 Å². The Bertz CT molecular complexity index is 1720. The van der Waals surface area contributed by atoms with Gasteiger partial charge in [0.2, 0.25) is 11.9 Å². The minimum absolute atomic E-state index is 0.217. The van der Waals surface area contributed by atoms with Gasteiger partial charge >= 0.3 is 5.97 Å². The largest absolute Gasteiger partial charge is 0.494 e. The Morgan fingerprint density at radius 2 is 1.81 bits per heavy atom. The number of benzene rings is 1. The van der Waals surface area contributed by atoms with E-state index < -0.39 is 5.97 Å². The first-order valence-electron chi connectivity index (χ1n) is 15.8. The highest BCUT2D eigenvalue weighted by Crippen LogP contribution is 2.45. The molecule has 2 aromatic heterocycles. The lowest BCUT2D eigenvalue weighted by atomic mass is 9.91. The van der Waals surface area contributed by atoms with Crippen LogP contribution in [0.1, 0.15) is 43.7 Å². The van der Waals surface area contributed by atoms with Crippen molar-refractivity contribution >= 4 is 58.0 Å². The number of amides is 1. The van der Waals surface area contributed by atoms with Gasteiger partial charge in [-0.2, -0.15) is 4.98 Å². The van der Waals surface area contributed by atoms with E-state index in [4.69, 9.17) is 26.1 Å². The molecule has 5 heterocycles. The van der Waals surface area contributed by atoms with E-state index in [1.807, 2.05) is 23.1 Å². The smallest absolute Gasteiger partial charge is 0.343 e. The lowest BCUT2D eigenvalue weighted by Crippen LogP contribution is -2.28. The van der Waals surface area contributed by atoms with Gasteiger partial charge < -0.3 is 34.8 Å². The predicted octanol–water partition coefficient (Wildman–Crippen LogP) is 5.39. The van der Waals surface area contributed by atoms with Crippen LogP contribution < -0.4 is 25.2 Å². The molecule has 2 saturated heterocycles. The third-order valence-corrected chi connectivity index (χ3v) is 9.14. The molecule has 0 aliphatic carbocycles. The van der Waals surface area contributed by atoms with Crippen LogP contribution in [0.5, 0.6) is 5.75 Å². The maximum absolute atomic E-state index is 13.3. The topological polar surface area (TPSA) is 125 Å². The van der Waals surface area contributed by atoms with Crippen LogP contribution in [0, 0.1) is 11.8 Å². The van der Waals surface area contributed by atoms with E-state index >= 15 is 0 Å². The number of aromatic nitrogens is 3. The number of anilines is 6. The Morgan fingerprint density at radius 3 is 2.47 bits per heavy atom. The summed E-state index contributed by atoms with van der Waals surface area (Å²) in [6, 6.07) is 7.35. The van der Waals surface area contributed by atoms with E-state index in [-0.39, 0.29) is 28.9 Å². The molecule has 248 valence electrons. The lowest BCUT2D eigenvalue weighted by molar-refractivity contribution is -0.111. The zero-order valence-electron chi connectivity index (χ0n) is 27.6. The Labute approximate surface area is 280 Å². The number of hydrogen-bond donors (Lipinski definition) is 2. The van der Waals surface area contributed by atoms with Crippen LogP contribution in [0.25, 0.3) is 0 Å². The zero-order valence-corrected chi connectivity index (χ0v) is 28.4. The molecule has 1 aromatic carbocycles. The second-order valence-electron chi connectivity index (χ2n) is 13.4. The summed E-state index contributed by atoms with van der Waals surface area (Å²) >= 11 is 6.28. The molecule has 6 rings (SSSR count). The van der Waals surface area contributed by atoms with Crippen LogP contribution in [-0.4, -0.2) is 84.7 Å². The van der Waals surface area contributed by atoms with Crippen molar-refractivity contribution in [1.29, 1.82) is 0 Å². The molecule has 2 atom stereocenters. The van der Waals surface area contributed by atoms with Crippen molar-refractivity contribution in [3.63, 3.8) is 0 Å². The minimum atomic E-state index is -0.535. The van der Waals surface area contributed by atoms with Gasteiger partial charge in [0.25, 0.3) is 0 Å². The van der Waals surface area contributed by atoms with Crippen molar-refractivity contribution in [2.24, 2.45) is 11.8 Å². The second kappa shape index (κ2) is 12.6. The molecule has 1 amide bonds. The average Bonchev–Trinajstić information content (AvgIpc) is 3.65. The molecule has 0 bridgehead atoms. The molecule has 47 heavy (non-hydrogen) atoms. The number of carbonyl (C=O) groups is 2. The number of hydrogen-bond acceptors (Lipinski definition) is 11. The molecular formula is C34H41ClN8O4. The van der Waals surface area contributed by atoms with Crippen molar-refractivity contribution in [1.82, 2.24) is 19.9 Å².